The number of aliphatic hydroxyl groups is 1. The summed E-state index contributed by atoms with van der Waals surface area (Å²) in [6.07, 6.45) is 1.94. The monoisotopic (exact) mass is 296 g/mol. The lowest BCUT2D eigenvalue weighted by molar-refractivity contribution is -0.122. The van der Waals surface area contributed by atoms with Gasteiger partial charge in [0.05, 0.1) is 6.54 Å². The molecule has 20 heavy (non-hydrogen) atoms. The number of benzene rings is 1. The van der Waals surface area contributed by atoms with E-state index in [1.807, 2.05) is 24.3 Å². The van der Waals surface area contributed by atoms with Crippen molar-refractivity contribution in [3.8, 4) is 0 Å². The van der Waals surface area contributed by atoms with Crippen molar-refractivity contribution in [1.29, 1.82) is 0 Å². The summed E-state index contributed by atoms with van der Waals surface area (Å²) < 4.78 is 0. The predicted molar refractivity (Wildman–Crippen MR) is 79.5 cm³/mol. The van der Waals surface area contributed by atoms with Crippen LogP contribution in [-0.4, -0.2) is 42.2 Å². The highest BCUT2D eigenvalue weighted by atomic mass is 35.5. The summed E-state index contributed by atoms with van der Waals surface area (Å²) in [5, 5.41) is 12.7. The Morgan fingerprint density at radius 1 is 1.40 bits per heavy atom. The molecular weight excluding hydrogens is 276 g/mol. The number of carbonyl (C=O) groups is 1. The quantitative estimate of drug-likeness (QED) is 0.869. The number of halogens is 1. The van der Waals surface area contributed by atoms with E-state index in [1.54, 1.807) is 0 Å². The van der Waals surface area contributed by atoms with Gasteiger partial charge in [-0.05, 0) is 49.5 Å². The molecule has 0 bridgehead atoms. The van der Waals surface area contributed by atoms with Gasteiger partial charge < -0.3 is 10.4 Å². The highest BCUT2D eigenvalue weighted by molar-refractivity contribution is 6.30. The number of hydrogen-bond donors (Lipinski definition) is 2. The second-order valence-electron chi connectivity index (χ2n) is 5.31. The third-order valence-electron chi connectivity index (χ3n) is 3.71. The molecule has 1 aliphatic heterocycles. The van der Waals surface area contributed by atoms with Gasteiger partial charge in [0.25, 0.3) is 0 Å². The largest absolute Gasteiger partial charge is 0.396 e. The second-order valence-corrected chi connectivity index (χ2v) is 5.75. The first-order valence-corrected chi connectivity index (χ1v) is 7.39. The molecule has 1 amide bonds. The Labute approximate surface area is 124 Å². The van der Waals surface area contributed by atoms with Crippen molar-refractivity contribution in [3.63, 3.8) is 0 Å². The number of hydrogen-bond acceptors (Lipinski definition) is 3. The molecule has 0 atom stereocenters. The zero-order chi connectivity index (χ0) is 14.4. The number of aliphatic hydroxyl groups excluding tert-OH is 1. The van der Waals surface area contributed by atoms with E-state index in [0.717, 1.165) is 31.5 Å². The summed E-state index contributed by atoms with van der Waals surface area (Å²) in [5.74, 6) is 0.438. The maximum Gasteiger partial charge on any atom is 0.234 e. The van der Waals surface area contributed by atoms with Gasteiger partial charge in [-0.1, -0.05) is 23.7 Å². The lowest BCUT2D eigenvalue weighted by Gasteiger charge is -2.30. The highest BCUT2D eigenvalue weighted by Gasteiger charge is 2.19. The Morgan fingerprint density at radius 2 is 2.15 bits per heavy atom. The first-order valence-electron chi connectivity index (χ1n) is 7.01. The van der Waals surface area contributed by atoms with Crippen LogP contribution >= 0.6 is 11.6 Å². The van der Waals surface area contributed by atoms with Gasteiger partial charge >= 0.3 is 0 Å². The van der Waals surface area contributed by atoms with Crippen LogP contribution in [-0.2, 0) is 11.3 Å². The molecule has 1 saturated heterocycles. The summed E-state index contributed by atoms with van der Waals surface area (Å²) >= 11 is 5.90. The maximum atomic E-state index is 11.9. The van der Waals surface area contributed by atoms with Crippen LogP contribution in [0.1, 0.15) is 18.4 Å². The van der Waals surface area contributed by atoms with E-state index in [9.17, 15) is 4.79 Å². The number of nitrogens with zero attached hydrogens (tertiary/aromatic N) is 1. The number of nitrogens with one attached hydrogen (secondary N) is 1. The summed E-state index contributed by atoms with van der Waals surface area (Å²) in [4.78, 5) is 14.0. The molecule has 0 radical (unpaired) electrons. The molecule has 0 aromatic heterocycles. The van der Waals surface area contributed by atoms with Crippen LogP contribution in [0.4, 0.5) is 0 Å². The van der Waals surface area contributed by atoms with Crippen LogP contribution in [0.15, 0.2) is 24.3 Å². The van der Waals surface area contributed by atoms with Gasteiger partial charge in [0.15, 0.2) is 0 Å². The van der Waals surface area contributed by atoms with Crippen molar-refractivity contribution in [1.82, 2.24) is 10.2 Å². The van der Waals surface area contributed by atoms with Crippen LogP contribution in [0.3, 0.4) is 0 Å². The van der Waals surface area contributed by atoms with Gasteiger partial charge in [0.1, 0.15) is 0 Å². The van der Waals surface area contributed by atoms with Crippen molar-refractivity contribution >= 4 is 17.5 Å². The Bertz CT molecular complexity index is 445. The van der Waals surface area contributed by atoms with Crippen LogP contribution in [0, 0.1) is 5.92 Å². The topological polar surface area (TPSA) is 52.6 Å². The van der Waals surface area contributed by atoms with Crippen molar-refractivity contribution in [2.75, 3.05) is 26.2 Å². The molecule has 1 aliphatic rings. The van der Waals surface area contributed by atoms with Crippen LogP contribution in [0.25, 0.3) is 0 Å². The molecule has 0 saturated carbocycles. The lowest BCUT2D eigenvalue weighted by Crippen LogP contribution is -2.41. The van der Waals surface area contributed by atoms with Crippen molar-refractivity contribution in [2.45, 2.75) is 19.4 Å². The second kappa shape index (κ2) is 7.62. The Kier molecular flexibility index (Phi) is 5.83. The fraction of sp³-hybridized carbons (Fsp3) is 0.533. The van der Waals surface area contributed by atoms with Gasteiger partial charge in [-0.3, -0.25) is 9.69 Å². The number of rotatable bonds is 5. The molecular formula is C15H21ClN2O2. The van der Waals surface area contributed by atoms with Crippen molar-refractivity contribution < 1.29 is 9.90 Å². The molecule has 1 fully saturated rings. The van der Waals surface area contributed by atoms with Gasteiger partial charge in [-0.2, -0.15) is 0 Å². The number of carbonyl (C=O) groups excluding carboxylic acids is 1. The average molecular weight is 297 g/mol. The highest BCUT2D eigenvalue weighted by Crippen LogP contribution is 2.15. The molecule has 2 rings (SSSR count). The molecule has 2 N–H and O–H groups in total. The number of piperidine rings is 1. The van der Waals surface area contributed by atoms with E-state index in [0.29, 0.717) is 24.0 Å². The molecule has 1 aromatic carbocycles. The van der Waals surface area contributed by atoms with Crippen molar-refractivity contribution in [2.24, 2.45) is 5.92 Å². The molecule has 110 valence electrons. The first-order chi connectivity index (χ1) is 9.67. The predicted octanol–water partition coefficient (Wildman–Crippen LogP) is 1.66. The van der Waals surface area contributed by atoms with E-state index in [1.165, 1.54) is 0 Å². The molecule has 0 spiro atoms. The normalized spacial score (nSPS) is 17.1. The fourth-order valence-corrected chi connectivity index (χ4v) is 2.65. The van der Waals surface area contributed by atoms with E-state index in [2.05, 4.69) is 10.2 Å². The fourth-order valence-electron chi connectivity index (χ4n) is 2.43. The zero-order valence-electron chi connectivity index (χ0n) is 11.5. The van der Waals surface area contributed by atoms with Crippen LogP contribution in [0.5, 0.6) is 0 Å². The smallest absolute Gasteiger partial charge is 0.234 e. The zero-order valence-corrected chi connectivity index (χ0v) is 12.3. The minimum Gasteiger partial charge on any atom is -0.396 e. The van der Waals surface area contributed by atoms with E-state index in [-0.39, 0.29) is 12.5 Å². The SMILES string of the molecule is O=C(CN1CCC(CO)CC1)NCc1cccc(Cl)c1. The minimum absolute atomic E-state index is 0.0347. The summed E-state index contributed by atoms with van der Waals surface area (Å²) in [6.45, 7) is 2.96. The van der Waals surface area contributed by atoms with Gasteiger partial charge in [0, 0.05) is 18.2 Å². The first kappa shape index (κ1) is 15.3. The van der Waals surface area contributed by atoms with E-state index < -0.39 is 0 Å². The molecule has 1 aromatic rings. The summed E-state index contributed by atoms with van der Waals surface area (Å²) in [7, 11) is 0. The van der Waals surface area contributed by atoms with E-state index >= 15 is 0 Å². The standard InChI is InChI=1S/C15H21ClN2O2/c16-14-3-1-2-13(8-14)9-17-15(20)10-18-6-4-12(11-19)5-7-18/h1-3,8,12,19H,4-7,9-11H2,(H,17,20). The van der Waals surface area contributed by atoms with Gasteiger partial charge in [-0.25, -0.2) is 0 Å². The Morgan fingerprint density at radius 3 is 2.80 bits per heavy atom. The Balaban J connectivity index is 1.71. The minimum atomic E-state index is 0.0347. The van der Waals surface area contributed by atoms with Gasteiger partial charge in [-0.15, -0.1) is 0 Å². The molecule has 4 nitrogen and oxygen atoms in total. The summed E-state index contributed by atoms with van der Waals surface area (Å²) in [5.41, 5.74) is 1.00. The van der Waals surface area contributed by atoms with Crippen molar-refractivity contribution in [3.05, 3.63) is 34.9 Å². The molecule has 1 heterocycles. The maximum absolute atomic E-state index is 11.9. The summed E-state index contributed by atoms with van der Waals surface area (Å²) in [6, 6.07) is 7.50. The lowest BCUT2D eigenvalue weighted by atomic mass is 9.98. The number of likely N-dealkylation sites (tertiary alicyclic amines) is 1. The van der Waals surface area contributed by atoms with Gasteiger partial charge in [0.2, 0.25) is 5.91 Å². The Hall–Kier alpha value is -1.10. The van der Waals surface area contributed by atoms with E-state index in [4.69, 9.17) is 16.7 Å². The molecule has 0 aliphatic carbocycles. The third kappa shape index (κ3) is 4.78. The average Bonchev–Trinajstić information content (AvgIpc) is 2.46. The number of amides is 1. The van der Waals surface area contributed by atoms with Crippen LogP contribution in [0.2, 0.25) is 5.02 Å². The van der Waals surface area contributed by atoms with Crippen LogP contribution < -0.4 is 5.32 Å². The third-order valence-corrected chi connectivity index (χ3v) is 3.95. The molecule has 5 heteroatoms. The molecule has 0 unspecified atom stereocenters.